The maximum absolute atomic E-state index is 13.9. The second-order valence-electron chi connectivity index (χ2n) is 9.52. The van der Waals surface area contributed by atoms with Gasteiger partial charge >= 0.3 is 13.7 Å². The predicted molar refractivity (Wildman–Crippen MR) is 143 cm³/mol. The van der Waals surface area contributed by atoms with Gasteiger partial charge in [-0.15, -0.1) is 0 Å². The molecule has 3 aromatic rings. The molecule has 14 nitrogen and oxygen atoms in total. The fraction of sp³-hybridized carbons (Fsp3) is 0.478. The van der Waals surface area contributed by atoms with Crippen molar-refractivity contribution in [3.8, 4) is 11.6 Å². The molecule has 1 aromatic carbocycles. The lowest BCUT2D eigenvalue weighted by Gasteiger charge is -2.24. The minimum absolute atomic E-state index is 0.0224. The van der Waals surface area contributed by atoms with Crippen LogP contribution in [0.5, 0.6) is 11.6 Å². The third-order valence-electron chi connectivity index (χ3n) is 6.84. The molecule has 4 N–H and O–H groups in total. The van der Waals surface area contributed by atoms with E-state index in [4.69, 9.17) is 52.2 Å². The number of nitrogens with one attached hydrogen (secondary N) is 1. The lowest BCUT2D eigenvalue weighted by atomic mass is 10.0. The van der Waals surface area contributed by atoms with Crippen molar-refractivity contribution in [3.63, 3.8) is 0 Å². The van der Waals surface area contributed by atoms with E-state index in [0.717, 1.165) is 0 Å². The van der Waals surface area contributed by atoms with Crippen LogP contribution in [0.25, 0.3) is 11.2 Å². The van der Waals surface area contributed by atoms with E-state index in [1.807, 2.05) is 0 Å². The van der Waals surface area contributed by atoms with Crippen molar-refractivity contribution in [2.45, 2.75) is 50.3 Å². The maximum atomic E-state index is 13.9. The van der Waals surface area contributed by atoms with E-state index in [2.05, 4.69) is 20.0 Å². The molecule has 17 heteroatoms. The van der Waals surface area contributed by atoms with Crippen LogP contribution in [-0.4, -0.2) is 68.7 Å². The Morgan fingerprint density at radius 2 is 2.08 bits per heavy atom. The second kappa shape index (κ2) is 10.6. The summed E-state index contributed by atoms with van der Waals surface area (Å²) >= 11 is 12.1. The summed E-state index contributed by atoms with van der Waals surface area (Å²) in [6.45, 7) is 3.23. The zero-order valence-corrected chi connectivity index (χ0v) is 24.2. The van der Waals surface area contributed by atoms with E-state index >= 15 is 0 Å². The van der Waals surface area contributed by atoms with Crippen LogP contribution in [0.15, 0.2) is 24.5 Å². The first-order valence-corrected chi connectivity index (χ1v) is 14.4. The van der Waals surface area contributed by atoms with Gasteiger partial charge in [-0.3, -0.25) is 13.9 Å². The summed E-state index contributed by atoms with van der Waals surface area (Å²) in [6.07, 6.45) is -0.956. The number of halogens is 2. The molecule has 3 heterocycles. The number of nitrogen functional groups attached to an aromatic ring is 1. The number of benzene rings is 1. The Kier molecular flexibility index (Phi) is 7.64. The fourth-order valence-electron chi connectivity index (χ4n) is 4.73. The number of hydrogen-bond donors (Lipinski definition) is 3. The first kappa shape index (κ1) is 28.8. The van der Waals surface area contributed by atoms with Crippen molar-refractivity contribution in [2.24, 2.45) is 5.92 Å². The molecule has 1 saturated heterocycles. The second-order valence-corrected chi connectivity index (χ2v) is 12.0. The summed E-state index contributed by atoms with van der Waals surface area (Å²) in [7, 11) is -1.64. The number of rotatable bonds is 9. The number of aromatic nitrogens is 4. The molecular weight excluding hydrogens is 590 g/mol. The topological polar surface area (TPSA) is 182 Å². The van der Waals surface area contributed by atoms with Gasteiger partial charge in [-0.05, 0) is 19.1 Å². The minimum atomic E-state index is -4.27. The number of nitrogens with zero attached hydrogens (tertiary/aromatic N) is 4. The molecule has 2 unspecified atom stereocenters. The summed E-state index contributed by atoms with van der Waals surface area (Å²) < 4.78 is 43.5. The fourth-order valence-corrected chi connectivity index (χ4v) is 6.73. The Morgan fingerprint density at radius 1 is 1.32 bits per heavy atom. The van der Waals surface area contributed by atoms with Gasteiger partial charge in [0.05, 0.1) is 36.7 Å². The molecule has 0 bridgehead atoms. The van der Waals surface area contributed by atoms with Crippen LogP contribution in [0.1, 0.15) is 26.5 Å². The zero-order chi connectivity index (χ0) is 29.0. The number of esters is 1. The number of carbonyl (C=O) groups is 1. The van der Waals surface area contributed by atoms with Crippen LogP contribution in [0.3, 0.4) is 0 Å². The van der Waals surface area contributed by atoms with Gasteiger partial charge < -0.3 is 29.6 Å². The van der Waals surface area contributed by atoms with Crippen molar-refractivity contribution in [1.82, 2.24) is 24.6 Å². The van der Waals surface area contributed by atoms with Crippen molar-refractivity contribution >= 4 is 54.0 Å². The van der Waals surface area contributed by atoms with Crippen molar-refractivity contribution in [3.05, 3.63) is 34.6 Å². The first-order chi connectivity index (χ1) is 18.9. The van der Waals surface area contributed by atoms with Gasteiger partial charge in [0.2, 0.25) is 11.8 Å². The Bertz CT molecular complexity index is 1510. The van der Waals surface area contributed by atoms with E-state index in [0.29, 0.717) is 11.2 Å². The summed E-state index contributed by atoms with van der Waals surface area (Å²) in [5, 5.41) is 14.2. The predicted octanol–water partition coefficient (Wildman–Crippen LogP) is 3.12. The molecule has 0 radical (unpaired) electrons. The lowest BCUT2D eigenvalue weighted by Crippen LogP contribution is -2.36. The number of methoxy groups -OCH3 is 2. The monoisotopic (exact) mass is 616 g/mol. The number of anilines is 1. The molecule has 7 atom stereocenters. The molecule has 2 aliphatic rings. The summed E-state index contributed by atoms with van der Waals surface area (Å²) in [5.41, 5.74) is 5.34. The zero-order valence-electron chi connectivity index (χ0n) is 21.8. The van der Waals surface area contributed by atoms with E-state index in [-0.39, 0.29) is 34.0 Å². The van der Waals surface area contributed by atoms with Gasteiger partial charge in [0, 0.05) is 18.4 Å². The molecule has 1 aliphatic heterocycles. The van der Waals surface area contributed by atoms with Crippen LogP contribution >= 0.6 is 30.9 Å². The SMILES string of the molecule is COC(=O)[C@H](C)NP(=O)(Oc1ccc(Cl)c(Cl)c1)O[C@H]1CC12O[C@@H](n1cnc3c(OC)nc(N)nc31)[C@@H](C)[C@@H]2O. The Hall–Kier alpha value is -2.71. The molecule has 2 aromatic heterocycles. The highest BCUT2D eigenvalue weighted by Crippen LogP contribution is 2.62. The van der Waals surface area contributed by atoms with Gasteiger partial charge in [0.25, 0.3) is 0 Å². The van der Waals surface area contributed by atoms with Crippen molar-refractivity contribution in [2.75, 3.05) is 20.0 Å². The number of ether oxygens (including phenoxy) is 3. The number of nitrogens with two attached hydrogens (primary N) is 1. The van der Waals surface area contributed by atoms with E-state index in [1.165, 1.54) is 45.7 Å². The summed E-state index contributed by atoms with van der Waals surface area (Å²) in [5.74, 6) is -0.911. The third-order valence-corrected chi connectivity index (χ3v) is 9.27. The molecule has 2 fully saturated rings. The summed E-state index contributed by atoms with van der Waals surface area (Å²) in [4.78, 5) is 24.7. The number of fused-ring (bicyclic) bond motifs is 1. The molecule has 1 saturated carbocycles. The highest BCUT2D eigenvalue weighted by atomic mass is 35.5. The highest BCUT2D eigenvalue weighted by molar-refractivity contribution is 7.52. The molecule has 1 aliphatic carbocycles. The molecule has 216 valence electrons. The van der Waals surface area contributed by atoms with Crippen LogP contribution in [0.2, 0.25) is 10.0 Å². The van der Waals surface area contributed by atoms with Crippen LogP contribution in [-0.2, 0) is 23.4 Å². The Balaban J connectivity index is 1.41. The van der Waals surface area contributed by atoms with E-state index < -0.39 is 49.7 Å². The minimum Gasteiger partial charge on any atom is -0.479 e. The summed E-state index contributed by atoms with van der Waals surface area (Å²) in [6, 6.07) is 3.20. The largest absolute Gasteiger partial charge is 0.479 e. The third kappa shape index (κ3) is 5.09. The number of carbonyl (C=O) groups excluding carboxylic acids is 1. The average molecular weight is 617 g/mol. The van der Waals surface area contributed by atoms with Crippen LogP contribution < -0.4 is 20.1 Å². The van der Waals surface area contributed by atoms with Gasteiger partial charge in [-0.25, -0.2) is 9.55 Å². The average Bonchev–Trinajstić information content (AvgIpc) is 3.31. The first-order valence-electron chi connectivity index (χ1n) is 12.1. The Morgan fingerprint density at radius 3 is 2.75 bits per heavy atom. The van der Waals surface area contributed by atoms with Gasteiger partial charge in [-0.2, -0.15) is 15.1 Å². The van der Waals surface area contributed by atoms with Crippen LogP contribution in [0, 0.1) is 5.92 Å². The Labute approximate surface area is 238 Å². The molecule has 40 heavy (non-hydrogen) atoms. The number of aliphatic hydroxyl groups excluding tert-OH is 1. The molecule has 0 amide bonds. The van der Waals surface area contributed by atoms with Crippen LogP contribution in [0.4, 0.5) is 5.95 Å². The number of imidazole rings is 1. The molecule has 5 rings (SSSR count). The van der Waals surface area contributed by atoms with Gasteiger partial charge in [0.15, 0.2) is 11.2 Å². The quantitative estimate of drug-likeness (QED) is 0.236. The van der Waals surface area contributed by atoms with Gasteiger partial charge in [0.1, 0.15) is 29.7 Å². The van der Waals surface area contributed by atoms with E-state index in [9.17, 15) is 14.5 Å². The number of hydrogen-bond acceptors (Lipinski definition) is 12. The van der Waals surface area contributed by atoms with E-state index in [1.54, 1.807) is 11.5 Å². The standard InChI is InChI=1S/C23H27Cl2N6O8P/c1-10-17(32)23(37-20(10)31-9-27-16-18(31)28-22(26)29-19(16)35-3)8-15(23)39-40(34,30-11(2)21(33)36-4)38-12-5-6-13(24)14(25)7-12/h5-7,9-11,15,17,20,32H,8H2,1-4H3,(H,30,34)(H2,26,28,29)/t10-,11-,15-,17-,20+,23?,40?/m0/s1. The number of aliphatic hydroxyl groups is 1. The molecular formula is C23H27Cl2N6O8P. The highest BCUT2D eigenvalue weighted by Gasteiger charge is 2.70. The molecule has 1 spiro atoms. The van der Waals surface area contributed by atoms with Gasteiger partial charge in [-0.1, -0.05) is 30.1 Å². The smallest absolute Gasteiger partial charge is 0.459 e. The lowest BCUT2D eigenvalue weighted by molar-refractivity contribution is -0.142. The van der Waals surface area contributed by atoms with Crippen molar-refractivity contribution < 1.29 is 37.7 Å². The normalized spacial score (nSPS) is 27.9. The van der Waals surface area contributed by atoms with Crippen molar-refractivity contribution in [1.29, 1.82) is 0 Å². The maximum Gasteiger partial charge on any atom is 0.459 e.